The number of ether oxygens (including phenoxy) is 2. The zero-order chi connectivity index (χ0) is 28.4. The number of methoxy groups -OCH3 is 1. The summed E-state index contributed by atoms with van der Waals surface area (Å²) in [5.41, 5.74) is 5.95. The number of benzene rings is 4. The van der Waals surface area contributed by atoms with Gasteiger partial charge >= 0.3 is 0 Å². The molecule has 4 aromatic rings. The summed E-state index contributed by atoms with van der Waals surface area (Å²) in [6.45, 7) is 1.98. The molecule has 0 saturated heterocycles. The van der Waals surface area contributed by atoms with Crippen LogP contribution < -0.4 is 14.9 Å². The van der Waals surface area contributed by atoms with E-state index in [1.807, 2.05) is 61.5 Å². The molecule has 0 heterocycles. The first-order valence-corrected chi connectivity index (χ1v) is 14.1. The van der Waals surface area contributed by atoms with Gasteiger partial charge in [-0.2, -0.15) is 9.41 Å². The van der Waals surface area contributed by atoms with Crippen molar-refractivity contribution in [1.29, 1.82) is 0 Å². The van der Waals surface area contributed by atoms with Gasteiger partial charge in [0.2, 0.25) is 10.0 Å². The summed E-state index contributed by atoms with van der Waals surface area (Å²) in [5, 5.41) is 4.02. The summed E-state index contributed by atoms with van der Waals surface area (Å²) < 4.78 is 39.2. The van der Waals surface area contributed by atoms with E-state index >= 15 is 0 Å². The first kappa shape index (κ1) is 28.5. The lowest BCUT2D eigenvalue weighted by atomic mass is 10.1. The van der Waals surface area contributed by atoms with E-state index in [4.69, 9.17) is 9.47 Å². The molecular formula is C31H31N3O5S. The Bertz CT molecular complexity index is 1540. The molecule has 0 aliphatic carbocycles. The van der Waals surface area contributed by atoms with Crippen LogP contribution in [0.1, 0.15) is 22.3 Å². The molecule has 0 saturated carbocycles. The van der Waals surface area contributed by atoms with Gasteiger partial charge < -0.3 is 9.47 Å². The lowest BCUT2D eigenvalue weighted by Crippen LogP contribution is -2.39. The van der Waals surface area contributed by atoms with E-state index in [9.17, 15) is 13.2 Å². The van der Waals surface area contributed by atoms with E-state index < -0.39 is 22.5 Å². The molecule has 40 heavy (non-hydrogen) atoms. The van der Waals surface area contributed by atoms with Crippen molar-refractivity contribution in [2.45, 2.75) is 25.0 Å². The maximum atomic E-state index is 13.4. The second kappa shape index (κ2) is 13.5. The second-order valence-electron chi connectivity index (χ2n) is 9.05. The molecule has 0 spiro atoms. The van der Waals surface area contributed by atoms with Crippen LogP contribution in [0.4, 0.5) is 0 Å². The number of aryl methyl sites for hydroxylation is 1. The molecule has 8 nitrogen and oxygen atoms in total. The number of nitrogens with one attached hydrogen (secondary N) is 1. The molecule has 0 aromatic heterocycles. The molecule has 206 valence electrons. The Morgan fingerprint density at radius 2 is 1.55 bits per heavy atom. The molecule has 4 rings (SSSR count). The van der Waals surface area contributed by atoms with E-state index in [0.717, 1.165) is 21.0 Å². The van der Waals surface area contributed by atoms with Gasteiger partial charge in [-0.05, 0) is 53.9 Å². The minimum absolute atomic E-state index is 0.0380. The van der Waals surface area contributed by atoms with Gasteiger partial charge in [-0.3, -0.25) is 4.79 Å². The Morgan fingerprint density at radius 1 is 0.875 bits per heavy atom. The van der Waals surface area contributed by atoms with Gasteiger partial charge in [0, 0.05) is 6.54 Å². The second-order valence-corrected chi connectivity index (χ2v) is 11.0. The van der Waals surface area contributed by atoms with Gasteiger partial charge in [0.15, 0.2) is 11.5 Å². The van der Waals surface area contributed by atoms with Gasteiger partial charge in [0.05, 0.1) is 24.8 Å². The van der Waals surface area contributed by atoms with Crippen LogP contribution in [0.3, 0.4) is 0 Å². The summed E-state index contributed by atoms with van der Waals surface area (Å²) in [6, 6.07) is 30.6. The Morgan fingerprint density at radius 3 is 2.23 bits per heavy atom. The fraction of sp³-hybridized carbons (Fsp3) is 0.161. The average molecular weight is 558 g/mol. The summed E-state index contributed by atoms with van der Waals surface area (Å²) in [6.07, 6.45) is 1.46. The van der Waals surface area contributed by atoms with Crippen molar-refractivity contribution in [1.82, 2.24) is 9.73 Å². The number of sulfonamides is 1. The molecule has 0 aliphatic rings. The van der Waals surface area contributed by atoms with Crippen LogP contribution >= 0.6 is 0 Å². The molecule has 0 unspecified atom stereocenters. The standard InChI is InChI=1S/C31H31N3O5S/c1-24-13-15-25(16-14-24)21-34(40(36,37)28-11-7-4-8-12-28)22-31(35)33-32-20-27-17-18-29(30(19-27)38-2)39-23-26-9-5-3-6-10-26/h3-20H,21-23H2,1-2H3,(H,33,35)/b32-20-. The van der Waals surface area contributed by atoms with Crippen molar-refractivity contribution in [3.05, 3.63) is 125 Å². The number of carbonyl (C=O) groups is 1. The minimum atomic E-state index is -3.93. The van der Waals surface area contributed by atoms with Gasteiger partial charge in [-0.1, -0.05) is 78.4 Å². The van der Waals surface area contributed by atoms with E-state index in [-0.39, 0.29) is 11.4 Å². The monoisotopic (exact) mass is 557 g/mol. The molecule has 0 bridgehead atoms. The lowest BCUT2D eigenvalue weighted by molar-refractivity contribution is -0.121. The number of hydrogen-bond donors (Lipinski definition) is 1. The van der Waals surface area contributed by atoms with Crippen LogP contribution in [0, 0.1) is 6.92 Å². The van der Waals surface area contributed by atoms with Crippen molar-refractivity contribution in [3.63, 3.8) is 0 Å². The Hall–Kier alpha value is -4.47. The van der Waals surface area contributed by atoms with Gasteiger partial charge in [0.1, 0.15) is 6.61 Å². The van der Waals surface area contributed by atoms with Crippen molar-refractivity contribution in [2.24, 2.45) is 5.10 Å². The normalized spacial score (nSPS) is 11.5. The largest absolute Gasteiger partial charge is 0.493 e. The van der Waals surface area contributed by atoms with Gasteiger partial charge in [-0.25, -0.2) is 13.8 Å². The van der Waals surface area contributed by atoms with E-state index in [1.165, 1.54) is 18.3 Å². The fourth-order valence-corrected chi connectivity index (χ4v) is 5.26. The smallest absolute Gasteiger partial charge is 0.255 e. The number of carbonyl (C=O) groups excluding carboxylic acids is 1. The fourth-order valence-electron chi connectivity index (χ4n) is 3.86. The first-order chi connectivity index (χ1) is 19.3. The number of amides is 1. The lowest BCUT2D eigenvalue weighted by Gasteiger charge is -2.21. The molecule has 0 aliphatic heterocycles. The highest BCUT2D eigenvalue weighted by Crippen LogP contribution is 2.28. The highest BCUT2D eigenvalue weighted by Gasteiger charge is 2.26. The van der Waals surface area contributed by atoms with Crippen LogP contribution in [-0.2, 0) is 28.0 Å². The quantitative estimate of drug-likeness (QED) is 0.197. The van der Waals surface area contributed by atoms with Gasteiger partial charge in [-0.15, -0.1) is 0 Å². The molecule has 0 radical (unpaired) electrons. The van der Waals surface area contributed by atoms with Crippen LogP contribution in [0.2, 0.25) is 0 Å². The van der Waals surface area contributed by atoms with E-state index in [1.54, 1.807) is 43.5 Å². The van der Waals surface area contributed by atoms with Crippen LogP contribution in [-0.4, -0.2) is 38.5 Å². The zero-order valence-corrected chi connectivity index (χ0v) is 23.2. The molecule has 9 heteroatoms. The number of hydrazone groups is 1. The molecule has 1 amide bonds. The third-order valence-corrected chi connectivity index (χ3v) is 7.81. The summed E-state index contributed by atoms with van der Waals surface area (Å²) in [4.78, 5) is 12.9. The average Bonchev–Trinajstić information content (AvgIpc) is 2.98. The predicted molar refractivity (Wildman–Crippen MR) is 155 cm³/mol. The zero-order valence-electron chi connectivity index (χ0n) is 22.4. The topological polar surface area (TPSA) is 97.3 Å². The van der Waals surface area contributed by atoms with E-state index in [2.05, 4.69) is 10.5 Å². The van der Waals surface area contributed by atoms with Gasteiger partial charge in [0.25, 0.3) is 5.91 Å². The van der Waals surface area contributed by atoms with Crippen molar-refractivity contribution < 1.29 is 22.7 Å². The summed E-state index contributed by atoms with van der Waals surface area (Å²) >= 11 is 0. The number of rotatable bonds is 12. The Labute approximate surface area is 234 Å². The predicted octanol–water partition coefficient (Wildman–Crippen LogP) is 4.92. The SMILES string of the molecule is COc1cc(/C=N\NC(=O)CN(Cc2ccc(C)cc2)S(=O)(=O)c2ccccc2)ccc1OCc1ccccc1. The molecule has 4 aromatic carbocycles. The Balaban J connectivity index is 1.42. The number of nitrogens with zero attached hydrogens (tertiary/aromatic N) is 2. The van der Waals surface area contributed by atoms with Crippen LogP contribution in [0.5, 0.6) is 11.5 Å². The highest BCUT2D eigenvalue weighted by molar-refractivity contribution is 7.89. The van der Waals surface area contributed by atoms with Crippen molar-refractivity contribution in [2.75, 3.05) is 13.7 Å². The third kappa shape index (κ3) is 7.78. The molecule has 0 fully saturated rings. The van der Waals surface area contributed by atoms with E-state index in [0.29, 0.717) is 23.7 Å². The molecule has 0 atom stereocenters. The number of hydrogen-bond acceptors (Lipinski definition) is 6. The highest BCUT2D eigenvalue weighted by atomic mass is 32.2. The first-order valence-electron chi connectivity index (χ1n) is 12.6. The van der Waals surface area contributed by atoms with Crippen molar-refractivity contribution in [3.8, 4) is 11.5 Å². The maximum Gasteiger partial charge on any atom is 0.255 e. The van der Waals surface area contributed by atoms with Crippen LogP contribution in [0.25, 0.3) is 0 Å². The summed E-state index contributed by atoms with van der Waals surface area (Å²) in [5.74, 6) is 0.521. The Kier molecular flexibility index (Phi) is 9.66. The van der Waals surface area contributed by atoms with Crippen molar-refractivity contribution >= 4 is 22.1 Å². The third-order valence-electron chi connectivity index (χ3n) is 6.01. The van der Waals surface area contributed by atoms with Crippen LogP contribution in [0.15, 0.2) is 113 Å². The molecular weight excluding hydrogens is 526 g/mol. The maximum absolute atomic E-state index is 13.4. The minimum Gasteiger partial charge on any atom is -0.493 e. The summed E-state index contributed by atoms with van der Waals surface area (Å²) in [7, 11) is -2.39. The molecule has 1 N–H and O–H groups in total.